The summed E-state index contributed by atoms with van der Waals surface area (Å²) >= 11 is 0. The molecular formula is C27H32N4O3. The van der Waals surface area contributed by atoms with Gasteiger partial charge in [0.25, 0.3) is 0 Å². The van der Waals surface area contributed by atoms with E-state index in [9.17, 15) is 4.79 Å². The minimum atomic E-state index is -0.443. The number of amides is 1. The topological polar surface area (TPSA) is 76.9 Å². The Bertz CT molecular complexity index is 1220. The number of ether oxygens (including phenoxy) is 2. The van der Waals surface area contributed by atoms with E-state index in [-0.39, 0.29) is 6.10 Å². The fourth-order valence-electron chi connectivity index (χ4n) is 4.78. The molecule has 2 heterocycles. The number of hydrogen-bond donors (Lipinski definition) is 2. The zero-order chi connectivity index (χ0) is 23.7. The molecule has 1 aliphatic carbocycles. The number of fused-ring (bicyclic) bond motifs is 1. The van der Waals surface area contributed by atoms with Gasteiger partial charge < -0.3 is 19.5 Å². The Balaban J connectivity index is 1.63. The maximum absolute atomic E-state index is 12.0. The van der Waals surface area contributed by atoms with E-state index in [1.165, 1.54) is 41.4 Å². The Morgan fingerprint density at radius 2 is 2.00 bits per heavy atom. The number of nitrogens with zero attached hydrogens (tertiary/aromatic N) is 2. The molecule has 5 rings (SSSR count). The molecule has 0 spiro atoms. The molecule has 1 fully saturated rings. The molecule has 0 radical (unpaired) electrons. The molecular weight excluding hydrogens is 428 g/mol. The number of nitrogens with one attached hydrogen (secondary N) is 2. The fourth-order valence-corrected chi connectivity index (χ4v) is 4.78. The lowest BCUT2D eigenvalue weighted by Gasteiger charge is -2.30. The summed E-state index contributed by atoms with van der Waals surface area (Å²) in [7, 11) is 0. The van der Waals surface area contributed by atoms with Gasteiger partial charge in [-0.1, -0.05) is 12.1 Å². The molecule has 3 aromatic rings. The first-order chi connectivity index (χ1) is 16.5. The van der Waals surface area contributed by atoms with Crippen molar-refractivity contribution in [3.63, 3.8) is 0 Å². The molecule has 1 amide bonds. The highest BCUT2D eigenvalue weighted by Crippen LogP contribution is 2.44. The maximum atomic E-state index is 12.0. The van der Waals surface area contributed by atoms with Crippen LogP contribution in [-0.2, 0) is 4.74 Å². The number of hydrogen-bond acceptors (Lipinski definition) is 5. The molecule has 1 saturated carbocycles. The first-order valence-corrected chi connectivity index (χ1v) is 12.2. The second kappa shape index (κ2) is 9.41. The molecule has 0 bridgehead atoms. The van der Waals surface area contributed by atoms with Crippen LogP contribution in [0.4, 0.5) is 10.5 Å². The van der Waals surface area contributed by atoms with Gasteiger partial charge in [-0.05, 0) is 69.9 Å². The lowest BCUT2D eigenvalue weighted by molar-refractivity contribution is 0.130. The maximum Gasteiger partial charge on any atom is 0.411 e. The van der Waals surface area contributed by atoms with Crippen molar-refractivity contribution in [3.05, 3.63) is 48.0 Å². The molecule has 0 atom stereocenters. The van der Waals surface area contributed by atoms with Crippen LogP contribution in [0.25, 0.3) is 22.2 Å². The number of hydrazone groups is 1. The van der Waals surface area contributed by atoms with Crippen molar-refractivity contribution in [1.29, 1.82) is 0 Å². The van der Waals surface area contributed by atoms with Crippen molar-refractivity contribution in [1.82, 2.24) is 9.99 Å². The van der Waals surface area contributed by atoms with E-state index in [0.29, 0.717) is 18.3 Å². The van der Waals surface area contributed by atoms with E-state index in [4.69, 9.17) is 9.47 Å². The first-order valence-electron chi connectivity index (χ1n) is 12.2. The van der Waals surface area contributed by atoms with E-state index in [1.807, 2.05) is 32.9 Å². The Morgan fingerprint density at radius 3 is 2.62 bits per heavy atom. The molecule has 2 aromatic carbocycles. The van der Waals surface area contributed by atoms with Crippen LogP contribution in [0.5, 0.6) is 5.75 Å². The lowest BCUT2D eigenvalue weighted by atomic mass is 9.92. The van der Waals surface area contributed by atoms with Gasteiger partial charge in [0.1, 0.15) is 5.75 Å². The molecule has 1 aromatic heterocycles. The van der Waals surface area contributed by atoms with E-state index in [1.54, 1.807) is 0 Å². The summed E-state index contributed by atoms with van der Waals surface area (Å²) in [5.74, 6) is 0.890. The van der Waals surface area contributed by atoms with Gasteiger partial charge >= 0.3 is 6.09 Å². The molecule has 178 valence electrons. The summed E-state index contributed by atoms with van der Waals surface area (Å²) in [5, 5.41) is 8.67. The third kappa shape index (κ3) is 4.22. The third-order valence-electron chi connectivity index (χ3n) is 6.45. The molecule has 7 nitrogen and oxygen atoms in total. The smallest absolute Gasteiger partial charge is 0.411 e. The summed E-state index contributed by atoms with van der Waals surface area (Å²) in [6.07, 6.45) is 3.86. The zero-order valence-electron chi connectivity index (χ0n) is 20.1. The van der Waals surface area contributed by atoms with Crippen molar-refractivity contribution in [2.24, 2.45) is 5.10 Å². The van der Waals surface area contributed by atoms with Gasteiger partial charge in [0.15, 0.2) is 0 Å². The van der Waals surface area contributed by atoms with Gasteiger partial charge in [-0.25, -0.2) is 4.79 Å². The number of benzene rings is 2. The Kier molecular flexibility index (Phi) is 6.18. The van der Waals surface area contributed by atoms with Gasteiger partial charge in [0, 0.05) is 41.7 Å². The highest BCUT2D eigenvalue weighted by molar-refractivity contribution is 6.16. The van der Waals surface area contributed by atoms with Crippen molar-refractivity contribution in [2.45, 2.75) is 58.6 Å². The minimum absolute atomic E-state index is 0.164. The van der Waals surface area contributed by atoms with Crippen LogP contribution in [0, 0.1) is 0 Å². The second-order valence-electron chi connectivity index (χ2n) is 9.16. The average Bonchev–Trinajstić information content (AvgIpc) is 3.39. The number of carbonyl (C=O) groups is 1. The molecule has 2 N–H and O–H groups in total. The van der Waals surface area contributed by atoms with E-state index < -0.39 is 6.09 Å². The lowest BCUT2D eigenvalue weighted by Crippen LogP contribution is -2.18. The molecule has 34 heavy (non-hydrogen) atoms. The third-order valence-corrected chi connectivity index (χ3v) is 6.45. The molecule has 0 saturated heterocycles. The van der Waals surface area contributed by atoms with Crippen LogP contribution in [0.2, 0.25) is 0 Å². The van der Waals surface area contributed by atoms with Gasteiger partial charge in [0.05, 0.1) is 29.6 Å². The summed E-state index contributed by atoms with van der Waals surface area (Å²) < 4.78 is 13.6. The summed E-state index contributed by atoms with van der Waals surface area (Å²) in [5.41, 5.74) is 9.62. The Hall–Kier alpha value is -3.48. The number of rotatable bonds is 7. The van der Waals surface area contributed by atoms with Gasteiger partial charge in [-0.15, -0.1) is 0 Å². The van der Waals surface area contributed by atoms with Gasteiger partial charge in [-0.2, -0.15) is 5.10 Å². The Morgan fingerprint density at radius 1 is 1.21 bits per heavy atom. The zero-order valence-corrected chi connectivity index (χ0v) is 20.1. The van der Waals surface area contributed by atoms with E-state index >= 15 is 0 Å². The van der Waals surface area contributed by atoms with Crippen LogP contribution in [0.3, 0.4) is 0 Å². The Labute approximate surface area is 200 Å². The predicted molar refractivity (Wildman–Crippen MR) is 136 cm³/mol. The minimum Gasteiger partial charge on any atom is -0.494 e. The quantitative estimate of drug-likeness (QED) is 0.448. The standard InChI is InChI=1S/C27H32N4O3/c1-4-33-21-12-13-22-24(16-21)31(20-6-5-7-20)26(25(22)23-14-15-28-30-23)18-8-10-19(11-9-18)29-27(32)34-17(2)3/h8-13,16-17,20,28H,4-7,14-15H2,1-3H3,(H,29,32). The SMILES string of the molecule is CCOc1ccc2c(C3=NNCC3)c(-c3ccc(NC(=O)OC(C)C)cc3)n(C3CCC3)c2c1. The molecule has 7 heteroatoms. The van der Waals surface area contributed by atoms with Gasteiger partial charge in [-0.3, -0.25) is 5.32 Å². The van der Waals surface area contributed by atoms with Crippen molar-refractivity contribution in [3.8, 4) is 17.0 Å². The monoisotopic (exact) mass is 460 g/mol. The normalized spacial score (nSPS) is 15.7. The van der Waals surface area contributed by atoms with Crippen LogP contribution in [-0.4, -0.2) is 35.6 Å². The number of anilines is 1. The van der Waals surface area contributed by atoms with Crippen LogP contribution < -0.4 is 15.5 Å². The highest BCUT2D eigenvalue weighted by atomic mass is 16.6. The summed E-state index contributed by atoms with van der Waals surface area (Å²) in [4.78, 5) is 12.0. The van der Waals surface area contributed by atoms with Crippen LogP contribution in [0.1, 0.15) is 58.1 Å². The number of aromatic nitrogens is 1. The van der Waals surface area contributed by atoms with Crippen molar-refractivity contribution < 1.29 is 14.3 Å². The fraction of sp³-hybridized carbons (Fsp3) is 0.407. The number of carbonyl (C=O) groups excluding carboxylic acids is 1. The van der Waals surface area contributed by atoms with Crippen molar-refractivity contribution in [2.75, 3.05) is 18.5 Å². The summed E-state index contributed by atoms with van der Waals surface area (Å²) in [6, 6.07) is 14.9. The molecule has 2 aliphatic rings. The van der Waals surface area contributed by atoms with Crippen LogP contribution >= 0.6 is 0 Å². The average molecular weight is 461 g/mol. The van der Waals surface area contributed by atoms with Crippen LogP contribution in [0.15, 0.2) is 47.6 Å². The molecule has 0 unspecified atom stereocenters. The van der Waals surface area contributed by atoms with Gasteiger partial charge in [0.2, 0.25) is 0 Å². The summed E-state index contributed by atoms with van der Waals surface area (Å²) in [6.45, 7) is 7.17. The largest absolute Gasteiger partial charge is 0.494 e. The second-order valence-corrected chi connectivity index (χ2v) is 9.16. The highest BCUT2D eigenvalue weighted by Gasteiger charge is 2.30. The van der Waals surface area contributed by atoms with E-state index in [0.717, 1.165) is 30.0 Å². The predicted octanol–water partition coefficient (Wildman–Crippen LogP) is 6.09. The van der Waals surface area contributed by atoms with E-state index in [2.05, 4.69) is 50.7 Å². The molecule has 1 aliphatic heterocycles. The van der Waals surface area contributed by atoms with Crippen molar-refractivity contribution >= 4 is 28.4 Å². The first kappa shape index (κ1) is 22.3.